The standard InChI is InChI=1S/C10H15ClN2O2/c1-15-10-3-2-7(11)4-9(10)13-6-8(14)5-12/h2-4,8,13-14H,5-6,12H2,1H3. The van der Waals surface area contributed by atoms with Gasteiger partial charge in [0.05, 0.1) is 18.9 Å². The molecule has 84 valence electrons. The van der Waals surface area contributed by atoms with Gasteiger partial charge in [0.25, 0.3) is 0 Å². The molecule has 0 saturated heterocycles. The molecule has 0 saturated carbocycles. The summed E-state index contributed by atoms with van der Waals surface area (Å²) in [7, 11) is 1.58. The molecule has 15 heavy (non-hydrogen) atoms. The first-order valence-corrected chi connectivity index (χ1v) is 5.00. The highest BCUT2D eigenvalue weighted by Crippen LogP contribution is 2.27. The van der Waals surface area contributed by atoms with Gasteiger partial charge >= 0.3 is 0 Å². The molecule has 0 aliphatic carbocycles. The highest BCUT2D eigenvalue weighted by Gasteiger charge is 2.05. The molecule has 1 aromatic rings. The van der Waals surface area contributed by atoms with Crippen molar-refractivity contribution < 1.29 is 9.84 Å². The van der Waals surface area contributed by atoms with Crippen LogP contribution in [0.25, 0.3) is 0 Å². The number of halogens is 1. The summed E-state index contributed by atoms with van der Waals surface area (Å²) >= 11 is 5.84. The highest BCUT2D eigenvalue weighted by molar-refractivity contribution is 6.30. The van der Waals surface area contributed by atoms with E-state index in [0.29, 0.717) is 17.3 Å². The molecule has 1 rings (SSSR count). The second kappa shape index (κ2) is 5.80. The van der Waals surface area contributed by atoms with Crippen LogP contribution in [0.4, 0.5) is 5.69 Å². The summed E-state index contributed by atoms with van der Waals surface area (Å²) in [5.74, 6) is 0.684. The minimum Gasteiger partial charge on any atom is -0.495 e. The van der Waals surface area contributed by atoms with Crippen LogP contribution in [-0.4, -0.2) is 31.4 Å². The van der Waals surface area contributed by atoms with Crippen molar-refractivity contribution in [2.45, 2.75) is 6.10 Å². The van der Waals surface area contributed by atoms with E-state index in [-0.39, 0.29) is 6.54 Å². The summed E-state index contributed by atoms with van der Waals surface area (Å²) in [6.07, 6.45) is -0.575. The van der Waals surface area contributed by atoms with E-state index in [2.05, 4.69) is 5.32 Å². The molecule has 0 amide bonds. The van der Waals surface area contributed by atoms with Gasteiger partial charge in [-0.05, 0) is 18.2 Å². The second-order valence-electron chi connectivity index (χ2n) is 3.12. The average molecular weight is 231 g/mol. The molecule has 0 spiro atoms. The second-order valence-corrected chi connectivity index (χ2v) is 3.55. The first-order valence-electron chi connectivity index (χ1n) is 4.63. The first-order chi connectivity index (χ1) is 7.17. The maximum absolute atomic E-state index is 9.29. The van der Waals surface area contributed by atoms with E-state index < -0.39 is 6.10 Å². The molecule has 1 atom stereocenters. The number of nitrogens with two attached hydrogens (primary N) is 1. The third-order valence-corrected chi connectivity index (χ3v) is 2.20. The maximum Gasteiger partial charge on any atom is 0.142 e. The van der Waals surface area contributed by atoms with Gasteiger partial charge in [0.15, 0.2) is 0 Å². The predicted molar refractivity (Wildman–Crippen MR) is 61.6 cm³/mol. The number of rotatable bonds is 5. The summed E-state index contributed by atoms with van der Waals surface area (Å²) in [6.45, 7) is 0.586. The van der Waals surface area contributed by atoms with Gasteiger partial charge in [-0.3, -0.25) is 0 Å². The zero-order valence-electron chi connectivity index (χ0n) is 8.53. The smallest absolute Gasteiger partial charge is 0.142 e. The van der Waals surface area contributed by atoms with Gasteiger partial charge in [-0.2, -0.15) is 0 Å². The van der Waals surface area contributed by atoms with Crippen molar-refractivity contribution in [3.63, 3.8) is 0 Å². The Morgan fingerprint density at radius 3 is 2.93 bits per heavy atom. The largest absolute Gasteiger partial charge is 0.495 e. The summed E-state index contributed by atoms with van der Waals surface area (Å²) in [5, 5.41) is 12.9. The normalized spacial score (nSPS) is 12.3. The zero-order chi connectivity index (χ0) is 11.3. The van der Waals surface area contributed by atoms with Crippen LogP contribution >= 0.6 is 11.6 Å². The number of benzene rings is 1. The minimum absolute atomic E-state index is 0.218. The van der Waals surface area contributed by atoms with Crippen LogP contribution in [0.3, 0.4) is 0 Å². The third-order valence-electron chi connectivity index (χ3n) is 1.96. The summed E-state index contributed by atoms with van der Waals surface area (Å²) in [5.41, 5.74) is 6.04. The highest BCUT2D eigenvalue weighted by atomic mass is 35.5. The molecule has 0 fully saturated rings. The van der Waals surface area contributed by atoms with Gasteiger partial charge in [-0.25, -0.2) is 0 Å². The molecular formula is C10H15ClN2O2. The molecule has 5 heteroatoms. The maximum atomic E-state index is 9.29. The van der Waals surface area contributed by atoms with E-state index in [1.54, 1.807) is 25.3 Å². The molecule has 0 aliphatic rings. The van der Waals surface area contributed by atoms with Crippen LogP contribution in [0.1, 0.15) is 0 Å². The summed E-state index contributed by atoms with van der Waals surface area (Å²) < 4.78 is 5.13. The molecule has 0 heterocycles. The lowest BCUT2D eigenvalue weighted by Crippen LogP contribution is -2.27. The minimum atomic E-state index is -0.575. The van der Waals surface area contributed by atoms with E-state index in [9.17, 15) is 5.11 Å². The molecule has 0 bridgehead atoms. The van der Waals surface area contributed by atoms with E-state index in [1.165, 1.54) is 0 Å². The van der Waals surface area contributed by atoms with Gasteiger partial charge in [-0.1, -0.05) is 11.6 Å². The van der Waals surface area contributed by atoms with Crippen molar-refractivity contribution >= 4 is 17.3 Å². The topological polar surface area (TPSA) is 67.5 Å². The lowest BCUT2D eigenvalue weighted by Gasteiger charge is -2.13. The monoisotopic (exact) mass is 230 g/mol. The Morgan fingerprint density at radius 1 is 1.60 bits per heavy atom. The molecule has 0 radical (unpaired) electrons. The molecule has 1 unspecified atom stereocenters. The number of aliphatic hydroxyl groups excluding tert-OH is 1. The first kappa shape index (κ1) is 12.1. The van der Waals surface area contributed by atoms with Gasteiger partial charge < -0.3 is 20.9 Å². The number of aliphatic hydroxyl groups is 1. The Bertz CT molecular complexity index is 320. The average Bonchev–Trinajstić information content (AvgIpc) is 2.26. The van der Waals surface area contributed by atoms with Crippen molar-refractivity contribution in [1.29, 1.82) is 0 Å². The number of ether oxygens (including phenoxy) is 1. The number of methoxy groups -OCH3 is 1. The molecular weight excluding hydrogens is 216 g/mol. The van der Waals surface area contributed by atoms with Crippen LogP contribution in [0.5, 0.6) is 5.75 Å². The third kappa shape index (κ3) is 3.58. The van der Waals surface area contributed by atoms with Gasteiger partial charge in [0, 0.05) is 18.1 Å². The predicted octanol–water partition coefficient (Wildman–Crippen LogP) is 1.08. The zero-order valence-corrected chi connectivity index (χ0v) is 9.29. The van der Waals surface area contributed by atoms with Gasteiger partial charge in [0.1, 0.15) is 5.75 Å². The fourth-order valence-corrected chi connectivity index (χ4v) is 1.30. The molecule has 0 aromatic heterocycles. The van der Waals surface area contributed by atoms with Crippen LogP contribution < -0.4 is 15.8 Å². The summed E-state index contributed by atoms with van der Waals surface area (Å²) in [4.78, 5) is 0. The van der Waals surface area contributed by atoms with E-state index >= 15 is 0 Å². The van der Waals surface area contributed by atoms with Crippen molar-refractivity contribution in [2.24, 2.45) is 5.73 Å². The van der Waals surface area contributed by atoms with Crippen LogP contribution in [-0.2, 0) is 0 Å². The number of hydrogen-bond donors (Lipinski definition) is 3. The Hall–Kier alpha value is -0.970. The molecule has 0 aliphatic heterocycles. The van der Waals surface area contributed by atoms with Crippen molar-refractivity contribution in [1.82, 2.24) is 0 Å². The Balaban J connectivity index is 2.69. The van der Waals surface area contributed by atoms with Gasteiger partial charge in [-0.15, -0.1) is 0 Å². The number of anilines is 1. The lowest BCUT2D eigenvalue weighted by atomic mass is 10.2. The van der Waals surface area contributed by atoms with Crippen LogP contribution in [0.15, 0.2) is 18.2 Å². The number of nitrogens with one attached hydrogen (secondary N) is 1. The number of hydrogen-bond acceptors (Lipinski definition) is 4. The van der Waals surface area contributed by atoms with Crippen molar-refractivity contribution in [2.75, 3.05) is 25.5 Å². The van der Waals surface area contributed by atoms with Crippen molar-refractivity contribution in [3.05, 3.63) is 23.2 Å². The lowest BCUT2D eigenvalue weighted by molar-refractivity contribution is 0.196. The van der Waals surface area contributed by atoms with Crippen molar-refractivity contribution in [3.8, 4) is 5.75 Å². The fraction of sp³-hybridized carbons (Fsp3) is 0.400. The van der Waals surface area contributed by atoms with Crippen LogP contribution in [0.2, 0.25) is 5.02 Å². The molecule has 4 nitrogen and oxygen atoms in total. The Kier molecular flexibility index (Phi) is 4.68. The Morgan fingerprint density at radius 2 is 2.33 bits per heavy atom. The summed E-state index contributed by atoms with van der Waals surface area (Å²) in [6, 6.07) is 5.24. The Labute approximate surface area is 94.0 Å². The van der Waals surface area contributed by atoms with Crippen LogP contribution in [0, 0.1) is 0 Å². The molecule has 1 aromatic carbocycles. The van der Waals surface area contributed by atoms with E-state index in [1.807, 2.05) is 0 Å². The van der Waals surface area contributed by atoms with Gasteiger partial charge in [0.2, 0.25) is 0 Å². The quantitative estimate of drug-likeness (QED) is 0.708. The fourth-order valence-electron chi connectivity index (χ4n) is 1.13. The SMILES string of the molecule is COc1ccc(Cl)cc1NCC(O)CN. The molecule has 4 N–H and O–H groups in total. The van der Waals surface area contributed by atoms with E-state index in [4.69, 9.17) is 22.1 Å². The van der Waals surface area contributed by atoms with E-state index in [0.717, 1.165) is 5.69 Å².